The number of aromatic nitrogens is 1. The molecule has 1 aliphatic heterocycles. The largest absolute Gasteiger partial charge is 0.326 e. The highest BCUT2D eigenvalue weighted by atomic mass is 32.1. The Balaban J connectivity index is 1.43. The van der Waals surface area contributed by atoms with Gasteiger partial charge in [-0.3, -0.25) is 10.1 Å². The Hall–Kier alpha value is -2.79. The monoisotopic (exact) mass is 407 g/mol. The highest BCUT2D eigenvalue weighted by Gasteiger charge is 2.24. The summed E-state index contributed by atoms with van der Waals surface area (Å²) in [5.74, 6) is -0.407. The van der Waals surface area contributed by atoms with Crippen molar-refractivity contribution in [1.82, 2.24) is 4.98 Å². The molecule has 140 valence electrons. The molecule has 2 N–H and O–H groups in total. The van der Waals surface area contributed by atoms with Gasteiger partial charge in [0, 0.05) is 21.7 Å². The van der Waals surface area contributed by atoms with Gasteiger partial charge in [0.2, 0.25) is 0 Å². The number of nitrogens with zero attached hydrogens (tertiary/aromatic N) is 2. The number of nitrogens with one attached hydrogen (secondary N) is 2. The highest BCUT2D eigenvalue weighted by Crippen LogP contribution is 2.25. The Labute approximate surface area is 171 Å². The van der Waals surface area contributed by atoms with Gasteiger partial charge < -0.3 is 4.90 Å². The maximum absolute atomic E-state index is 12.5. The lowest BCUT2D eigenvalue weighted by Gasteiger charge is -2.22. The van der Waals surface area contributed by atoms with Crippen LogP contribution in [-0.4, -0.2) is 17.4 Å². The topological polar surface area (TPSA) is 70.2 Å². The second kappa shape index (κ2) is 8.48. The molecule has 0 bridgehead atoms. The molecular weight excluding hydrogens is 388 g/mol. The van der Waals surface area contributed by atoms with E-state index in [-0.39, 0.29) is 5.57 Å². The van der Waals surface area contributed by atoms with Crippen LogP contribution in [0.3, 0.4) is 0 Å². The Morgan fingerprint density at radius 2 is 2.14 bits per heavy atom. The summed E-state index contributed by atoms with van der Waals surface area (Å²) < 4.78 is 0. The third-order valence-electron chi connectivity index (χ3n) is 4.61. The van der Waals surface area contributed by atoms with Crippen molar-refractivity contribution in [1.29, 1.82) is 5.26 Å². The maximum atomic E-state index is 12.5. The number of carbonyl (C=O) groups excluding carboxylic acids is 1. The van der Waals surface area contributed by atoms with Gasteiger partial charge in [-0.05, 0) is 17.5 Å². The summed E-state index contributed by atoms with van der Waals surface area (Å²) in [5, 5.41) is 14.6. The van der Waals surface area contributed by atoms with Gasteiger partial charge in [-0.1, -0.05) is 36.4 Å². The van der Waals surface area contributed by atoms with Gasteiger partial charge in [0.15, 0.2) is 5.13 Å². The molecule has 0 aliphatic carbocycles. The standard InChI is InChI=1S/C21H18N4OS2/c22-12-16(11-17-7-4-10-27-17)20(26)24-21-23-18-14-25(9-8-19(18)28-21)13-15-5-2-1-3-6-15/h1-7,10-11H,8-9,13-14H2,(H,23,24,26)/p+1/b16-11+. The molecule has 3 aromatic rings. The minimum atomic E-state index is -0.407. The fourth-order valence-electron chi connectivity index (χ4n) is 3.25. The number of thiophene rings is 1. The van der Waals surface area contributed by atoms with Crippen LogP contribution in [0.4, 0.5) is 5.13 Å². The second-order valence-electron chi connectivity index (χ2n) is 6.62. The molecule has 1 aliphatic rings. The minimum absolute atomic E-state index is 0.0898. The minimum Gasteiger partial charge on any atom is -0.326 e. The number of fused-ring (bicyclic) bond motifs is 1. The number of amides is 1. The molecule has 0 saturated heterocycles. The number of benzene rings is 1. The molecular formula is C21H19N4OS2+. The first kappa shape index (κ1) is 18.6. The quantitative estimate of drug-likeness (QED) is 0.505. The Morgan fingerprint density at radius 3 is 2.89 bits per heavy atom. The maximum Gasteiger partial charge on any atom is 0.268 e. The summed E-state index contributed by atoms with van der Waals surface area (Å²) in [6.07, 6.45) is 2.57. The van der Waals surface area contributed by atoms with E-state index in [9.17, 15) is 10.1 Å². The van der Waals surface area contributed by atoms with Gasteiger partial charge in [-0.2, -0.15) is 5.26 Å². The van der Waals surface area contributed by atoms with Gasteiger partial charge in [0.1, 0.15) is 30.4 Å². The van der Waals surface area contributed by atoms with Crippen molar-refractivity contribution >= 4 is 39.8 Å². The molecule has 0 spiro atoms. The first-order valence-electron chi connectivity index (χ1n) is 9.04. The number of anilines is 1. The fraction of sp³-hybridized carbons (Fsp3) is 0.190. The Bertz CT molecular complexity index is 1030. The first-order valence-corrected chi connectivity index (χ1v) is 10.7. The fourth-order valence-corrected chi connectivity index (χ4v) is 4.88. The molecule has 1 amide bonds. The summed E-state index contributed by atoms with van der Waals surface area (Å²) in [6, 6.07) is 16.2. The van der Waals surface area contributed by atoms with E-state index in [4.69, 9.17) is 0 Å². The number of carbonyl (C=O) groups is 1. The van der Waals surface area contributed by atoms with Gasteiger partial charge in [0.05, 0.1) is 6.54 Å². The summed E-state index contributed by atoms with van der Waals surface area (Å²) in [7, 11) is 0. The van der Waals surface area contributed by atoms with Crippen LogP contribution in [0.5, 0.6) is 0 Å². The lowest BCUT2D eigenvalue weighted by atomic mass is 10.1. The number of hydrogen-bond acceptors (Lipinski definition) is 5. The predicted octanol–water partition coefficient (Wildman–Crippen LogP) is 2.89. The van der Waals surface area contributed by atoms with E-state index in [1.54, 1.807) is 6.08 Å². The van der Waals surface area contributed by atoms with Crippen molar-refractivity contribution < 1.29 is 9.69 Å². The number of nitriles is 1. The number of rotatable bonds is 5. The van der Waals surface area contributed by atoms with Crippen molar-refractivity contribution in [2.75, 3.05) is 11.9 Å². The Kier molecular flexibility index (Phi) is 5.63. The Morgan fingerprint density at radius 1 is 1.29 bits per heavy atom. The number of thiazole rings is 1. The van der Waals surface area contributed by atoms with E-state index >= 15 is 0 Å². The molecule has 1 atom stereocenters. The van der Waals surface area contributed by atoms with Crippen molar-refractivity contribution in [2.24, 2.45) is 0 Å². The zero-order valence-electron chi connectivity index (χ0n) is 15.1. The molecule has 28 heavy (non-hydrogen) atoms. The molecule has 1 aromatic carbocycles. The van der Waals surface area contributed by atoms with Crippen molar-refractivity contribution in [3.05, 3.63) is 74.4 Å². The normalized spacial score (nSPS) is 16.2. The molecule has 5 nitrogen and oxygen atoms in total. The van der Waals surface area contributed by atoms with E-state index in [1.165, 1.54) is 38.0 Å². The van der Waals surface area contributed by atoms with Crippen LogP contribution in [0.15, 0.2) is 53.4 Å². The molecule has 2 aromatic heterocycles. The van der Waals surface area contributed by atoms with Crippen LogP contribution in [0.25, 0.3) is 6.08 Å². The zero-order valence-corrected chi connectivity index (χ0v) is 16.8. The molecule has 0 radical (unpaired) electrons. The zero-order chi connectivity index (χ0) is 19.3. The average molecular weight is 408 g/mol. The van der Waals surface area contributed by atoms with Gasteiger partial charge in [-0.15, -0.1) is 22.7 Å². The predicted molar refractivity (Wildman–Crippen MR) is 112 cm³/mol. The van der Waals surface area contributed by atoms with Crippen LogP contribution >= 0.6 is 22.7 Å². The van der Waals surface area contributed by atoms with Gasteiger partial charge in [-0.25, -0.2) is 4.98 Å². The molecule has 0 saturated carbocycles. The average Bonchev–Trinajstić information content (AvgIpc) is 3.35. The van der Waals surface area contributed by atoms with E-state index < -0.39 is 5.91 Å². The van der Waals surface area contributed by atoms with Crippen molar-refractivity contribution in [2.45, 2.75) is 19.5 Å². The van der Waals surface area contributed by atoms with Crippen LogP contribution in [0, 0.1) is 11.3 Å². The van der Waals surface area contributed by atoms with E-state index in [0.717, 1.165) is 36.6 Å². The first-order chi connectivity index (χ1) is 13.7. The second-order valence-corrected chi connectivity index (χ2v) is 8.68. The highest BCUT2D eigenvalue weighted by molar-refractivity contribution is 7.16. The summed E-state index contributed by atoms with van der Waals surface area (Å²) in [5.41, 5.74) is 2.47. The van der Waals surface area contributed by atoms with Crippen LogP contribution < -0.4 is 10.2 Å². The lowest BCUT2D eigenvalue weighted by Crippen LogP contribution is -3.10. The number of quaternary nitrogens is 1. The van der Waals surface area contributed by atoms with Crippen LogP contribution in [0.2, 0.25) is 0 Å². The molecule has 0 fully saturated rings. The van der Waals surface area contributed by atoms with Crippen LogP contribution in [0.1, 0.15) is 21.0 Å². The van der Waals surface area contributed by atoms with E-state index in [0.29, 0.717) is 5.13 Å². The molecule has 3 heterocycles. The smallest absolute Gasteiger partial charge is 0.268 e. The molecule has 1 unspecified atom stereocenters. The summed E-state index contributed by atoms with van der Waals surface area (Å²) in [4.78, 5) is 20.7. The van der Waals surface area contributed by atoms with Crippen molar-refractivity contribution in [3.63, 3.8) is 0 Å². The number of hydrogen-bond donors (Lipinski definition) is 2. The molecule has 7 heteroatoms. The third kappa shape index (κ3) is 4.37. The summed E-state index contributed by atoms with van der Waals surface area (Å²) >= 11 is 3.01. The third-order valence-corrected chi connectivity index (χ3v) is 6.51. The van der Waals surface area contributed by atoms with E-state index in [2.05, 4.69) is 34.6 Å². The SMILES string of the molecule is N#C/C(=C\c1cccs1)C(=O)Nc1nc2c(s1)CC[NH+](Cc1ccccc1)C2. The summed E-state index contributed by atoms with van der Waals surface area (Å²) in [6.45, 7) is 2.88. The van der Waals surface area contributed by atoms with E-state index in [1.807, 2.05) is 29.6 Å². The van der Waals surface area contributed by atoms with Gasteiger partial charge in [0.25, 0.3) is 5.91 Å². The van der Waals surface area contributed by atoms with Crippen molar-refractivity contribution in [3.8, 4) is 6.07 Å². The van der Waals surface area contributed by atoms with Crippen LogP contribution in [-0.2, 0) is 24.3 Å². The van der Waals surface area contributed by atoms with Gasteiger partial charge >= 0.3 is 0 Å². The molecule has 4 rings (SSSR count). The lowest BCUT2D eigenvalue weighted by molar-refractivity contribution is -0.929.